The van der Waals surface area contributed by atoms with Crippen molar-refractivity contribution in [3.8, 4) is 22.8 Å². The van der Waals surface area contributed by atoms with Crippen molar-refractivity contribution in [3.05, 3.63) is 42.1 Å². The van der Waals surface area contributed by atoms with Crippen LogP contribution in [0.5, 0.6) is 11.6 Å². The Labute approximate surface area is 137 Å². The Hall–Kier alpha value is -2.07. The standard InChI is InChI=1S/C19H22N2O2/c1-22-19-17(5-4-8-20-19)14-6-7-15-11-16(13-23-18(15)12-14)21-9-2-3-10-21/h4-8,12,16H,2-3,9-11,13H2,1H3. The van der Waals surface area contributed by atoms with Crippen LogP contribution in [0.1, 0.15) is 18.4 Å². The van der Waals surface area contributed by atoms with Gasteiger partial charge in [0.2, 0.25) is 5.88 Å². The number of ether oxygens (including phenoxy) is 2. The maximum absolute atomic E-state index is 6.08. The van der Waals surface area contributed by atoms with Gasteiger partial charge >= 0.3 is 0 Å². The molecule has 120 valence electrons. The lowest BCUT2D eigenvalue weighted by Crippen LogP contribution is -2.41. The van der Waals surface area contributed by atoms with E-state index in [1.165, 1.54) is 31.5 Å². The summed E-state index contributed by atoms with van der Waals surface area (Å²) in [5.41, 5.74) is 3.40. The fourth-order valence-electron chi connectivity index (χ4n) is 3.64. The Morgan fingerprint density at radius 2 is 2.09 bits per heavy atom. The first-order valence-corrected chi connectivity index (χ1v) is 8.34. The van der Waals surface area contributed by atoms with Crippen LogP contribution in [-0.2, 0) is 6.42 Å². The summed E-state index contributed by atoms with van der Waals surface area (Å²) < 4.78 is 11.5. The van der Waals surface area contributed by atoms with E-state index in [1.807, 2.05) is 12.1 Å². The minimum Gasteiger partial charge on any atom is -0.492 e. The van der Waals surface area contributed by atoms with Crippen molar-refractivity contribution in [2.24, 2.45) is 0 Å². The monoisotopic (exact) mass is 310 g/mol. The van der Waals surface area contributed by atoms with Crippen LogP contribution >= 0.6 is 0 Å². The molecule has 0 amide bonds. The molecular weight excluding hydrogens is 288 g/mol. The van der Waals surface area contributed by atoms with Gasteiger partial charge < -0.3 is 9.47 Å². The summed E-state index contributed by atoms with van der Waals surface area (Å²) in [6.07, 6.45) is 5.48. The smallest absolute Gasteiger partial charge is 0.221 e. The Morgan fingerprint density at radius 3 is 2.91 bits per heavy atom. The predicted molar refractivity (Wildman–Crippen MR) is 90.0 cm³/mol. The van der Waals surface area contributed by atoms with Gasteiger partial charge in [0.05, 0.1) is 7.11 Å². The Morgan fingerprint density at radius 1 is 1.22 bits per heavy atom. The van der Waals surface area contributed by atoms with Crippen molar-refractivity contribution in [3.63, 3.8) is 0 Å². The molecule has 2 aliphatic rings. The fraction of sp³-hybridized carbons (Fsp3) is 0.421. The molecule has 1 fully saturated rings. The highest BCUT2D eigenvalue weighted by atomic mass is 16.5. The topological polar surface area (TPSA) is 34.6 Å². The van der Waals surface area contributed by atoms with Crippen LogP contribution in [0.25, 0.3) is 11.1 Å². The largest absolute Gasteiger partial charge is 0.492 e. The molecule has 23 heavy (non-hydrogen) atoms. The molecule has 4 rings (SSSR count). The molecule has 0 spiro atoms. The van der Waals surface area contributed by atoms with E-state index in [0.717, 1.165) is 29.9 Å². The van der Waals surface area contributed by atoms with Crippen LogP contribution in [-0.4, -0.2) is 42.7 Å². The minimum atomic E-state index is 0.531. The van der Waals surface area contributed by atoms with Crippen molar-refractivity contribution < 1.29 is 9.47 Å². The van der Waals surface area contributed by atoms with Crippen LogP contribution in [0.4, 0.5) is 0 Å². The van der Waals surface area contributed by atoms with Crippen molar-refractivity contribution in [2.75, 3.05) is 26.8 Å². The molecule has 0 bridgehead atoms. The van der Waals surface area contributed by atoms with Gasteiger partial charge in [0, 0.05) is 17.8 Å². The SMILES string of the molecule is COc1ncccc1-c1ccc2c(c1)OCC(N1CCCC1)C2. The van der Waals surface area contributed by atoms with Crippen molar-refractivity contribution in [1.29, 1.82) is 0 Å². The molecule has 4 heteroatoms. The van der Waals surface area contributed by atoms with Gasteiger partial charge in [-0.3, -0.25) is 4.90 Å². The Balaban J connectivity index is 1.60. The summed E-state index contributed by atoms with van der Waals surface area (Å²) in [6, 6.07) is 11.0. The van der Waals surface area contributed by atoms with Crippen LogP contribution in [0.15, 0.2) is 36.5 Å². The number of methoxy groups -OCH3 is 1. The highest BCUT2D eigenvalue weighted by Crippen LogP contribution is 2.35. The predicted octanol–water partition coefficient (Wildman–Crippen LogP) is 3.16. The molecule has 4 nitrogen and oxygen atoms in total. The number of hydrogen-bond acceptors (Lipinski definition) is 4. The average molecular weight is 310 g/mol. The number of aromatic nitrogens is 1. The number of fused-ring (bicyclic) bond motifs is 1. The quantitative estimate of drug-likeness (QED) is 0.872. The number of likely N-dealkylation sites (tertiary alicyclic amines) is 1. The first-order valence-electron chi connectivity index (χ1n) is 8.34. The molecule has 2 aliphatic heterocycles. The molecule has 1 saturated heterocycles. The number of nitrogens with zero attached hydrogens (tertiary/aromatic N) is 2. The lowest BCUT2D eigenvalue weighted by molar-refractivity contribution is 0.142. The second-order valence-electron chi connectivity index (χ2n) is 6.29. The molecule has 1 atom stereocenters. The molecular formula is C19H22N2O2. The maximum Gasteiger partial charge on any atom is 0.221 e. The second-order valence-corrected chi connectivity index (χ2v) is 6.29. The van der Waals surface area contributed by atoms with Gasteiger partial charge in [-0.15, -0.1) is 0 Å². The van der Waals surface area contributed by atoms with Gasteiger partial charge in [0.15, 0.2) is 0 Å². The summed E-state index contributed by atoms with van der Waals surface area (Å²) in [5.74, 6) is 1.65. The van der Waals surface area contributed by atoms with Gasteiger partial charge in [0.25, 0.3) is 0 Å². The van der Waals surface area contributed by atoms with Crippen LogP contribution in [0.2, 0.25) is 0 Å². The third kappa shape index (κ3) is 2.79. The summed E-state index contributed by atoms with van der Waals surface area (Å²) in [7, 11) is 1.65. The molecule has 1 unspecified atom stereocenters. The molecule has 0 N–H and O–H groups in total. The summed E-state index contributed by atoms with van der Waals surface area (Å²) in [4.78, 5) is 6.85. The van der Waals surface area contributed by atoms with Crippen molar-refractivity contribution >= 4 is 0 Å². The van der Waals surface area contributed by atoms with Gasteiger partial charge in [-0.2, -0.15) is 0 Å². The van der Waals surface area contributed by atoms with E-state index >= 15 is 0 Å². The van der Waals surface area contributed by atoms with Gasteiger partial charge in [-0.05, 0) is 61.7 Å². The highest BCUT2D eigenvalue weighted by molar-refractivity contribution is 5.70. The van der Waals surface area contributed by atoms with Crippen LogP contribution < -0.4 is 9.47 Å². The molecule has 0 saturated carbocycles. The molecule has 1 aromatic heterocycles. The molecule has 0 aliphatic carbocycles. The van der Waals surface area contributed by atoms with Gasteiger partial charge in [-0.1, -0.05) is 12.1 Å². The number of pyridine rings is 1. The number of rotatable bonds is 3. The molecule has 0 radical (unpaired) electrons. The Bertz CT molecular complexity index is 696. The van der Waals surface area contributed by atoms with Crippen LogP contribution in [0, 0.1) is 0 Å². The zero-order valence-corrected chi connectivity index (χ0v) is 13.5. The van der Waals surface area contributed by atoms with E-state index in [2.05, 4.69) is 28.1 Å². The summed E-state index contributed by atoms with van der Waals surface area (Å²) in [5, 5.41) is 0. The third-order valence-corrected chi connectivity index (χ3v) is 4.89. The fourth-order valence-corrected chi connectivity index (χ4v) is 3.64. The molecule has 2 aromatic rings. The highest BCUT2D eigenvalue weighted by Gasteiger charge is 2.27. The van der Waals surface area contributed by atoms with Crippen LogP contribution in [0.3, 0.4) is 0 Å². The van der Waals surface area contributed by atoms with Crippen molar-refractivity contribution in [2.45, 2.75) is 25.3 Å². The number of benzene rings is 1. The number of hydrogen-bond donors (Lipinski definition) is 0. The lowest BCUT2D eigenvalue weighted by atomic mass is 9.97. The van der Waals surface area contributed by atoms with E-state index in [9.17, 15) is 0 Å². The first kappa shape index (κ1) is 14.5. The lowest BCUT2D eigenvalue weighted by Gasteiger charge is -2.32. The zero-order chi connectivity index (χ0) is 15.6. The summed E-state index contributed by atoms with van der Waals surface area (Å²) in [6.45, 7) is 3.23. The van der Waals surface area contributed by atoms with E-state index in [4.69, 9.17) is 9.47 Å². The van der Waals surface area contributed by atoms with Gasteiger partial charge in [0.1, 0.15) is 12.4 Å². The van der Waals surface area contributed by atoms with E-state index in [1.54, 1.807) is 13.3 Å². The van der Waals surface area contributed by atoms with Crippen molar-refractivity contribution in [1.82, 2.24) is 9.88 Å². The van der Waals surface area contributed by atoms with Gasteiger partial charge in [-0.25, -0.2) is 4.98 Å². The first-order chi connectivity index (χ1) is 11.3. The zero-order valence-electron chi connectivity index (χ0n) is 13.5. The molecule has 1 aromatic carbocycles. The van der Waals surface area contributed by atoms with E-state index in [0.29, 0.717) is 11.9 Å². The van der Waals surface area contributed by atoms with E-state index < -0.39 is 0 Å². The summed E-state index contributed by atoms with van der Waals surface area (Å²) >= 11 is 0. The third-order valence-electron chi connectivity index (χ3n) is 4.89. The second kappa shape index (κ2) is 6.20. The average Bonchev–Trinajstić information content (AvgIpc) is 3.15. The normalized spacial score (nSPS) is 20.8. The maximum atomic E-state index is 6.08. The molecule has 3 heterocycles. The van der Waals surface area contributed by atoms with E-state index in [-0.39, 0.29) is 0 Å². The Kier molecular flexibility index (Phi) is 3.92. The minimum absolute atomic E-state index is 0.531.